The zero-order valence-electron chi connectivity index (χ0n) is 9.21. The van der Waals surface area contributed by atoms with Gasteiger partial charge in [-0.15, -0.1) is 0 Å². The van der Waals surface area contributed by atoms with Gasteiger partial charge in [-0.2, -0.15) is 0 Å². The lowest BCUT2D eigenvalue weighted by atomic mass is 10.1. The molecule has 3 nitrogen and oxygen atoms in total. The monoisotopic (exact) mass is 189 g/mol. The van der Waals surface area contributed by atoms with Crippen LogP contribution in [0.2, 0.25) is 0 Å². The Balaban J connectivity index is 3.63. The number of ether oxygens (including phenoxy) is 1. The average Bonchev–Trinajstić information content (AvgIpc) is 2.00. The van der Waals surface area contributed by atoms with E-state index in [9.17, 15) is 0 Å². The lowest BCUT2D eigenvalue weighted by molar-refractivity contribution is 0.00853. The third-order valence-electron chi connectivity index (χ3n) is 1.86. The molecule has 0 radical (unpaired) electrons. The van der Waals surface area contributed by atoms with Gasteiger partial charge in [0.1, 0.15) is 0 Å². The van der Waals surface area contributed by atoms with Gasteiger partial charge in [0.25, 0.3) is 0 Å². The standard InChI is InChI=1S/C10H23NO2/c1-8(2)5-9(3)13-7-10(4,11)6-12/h8-9,12H,5-7,11H2,1-4H3. The van der Waals surface area contributed by atoms with Crippen LogP contribution in [0.5, 0.6) is 0 Å². The normalized spacial score (nSPS) is 18.7. The summed E-state index contributed by atoms with van der Waals surface area (Å²) >= 11 is 0. The molecule has 0 amide bonds. The van der Waals surface area contributed by atoms with Crippen LogP contribution < -0.4 is 5.73 Å². The Labute approximate surface area is 81.3 Å². The average molecular weight is 189 g/mol. The summed E-state index contributed by atoms with van der Waals surface area (Å²) in [4.78, 5) is 0. The van der Waals surface area contributed by atoms with E-state index in [2.05, 4.69) is 13.8 Å². The van der Waals surface area contributed by atoms with Crippen molar-refractivity contribution < 1.29 is 9.84 Å². The zero-order chi connectivity index (χ0) is 10.5. The van der Waals surface area contributed by atoms with Gasteiger partial charge in [-0.25, -0.2) is 0 Å². The molecule has 0 bridgehead atoms. The van der Waals surface area contributed by atoms with Gasteiger partial charge in [-0.05, 0) is 26.2 Å². The van der Waals surface area contributed by atoms with Crippen molar-refractivity contribution in [3.05, 3.63) is 0 Å². The Morgan fingerprint density at radius 3 is 2.31 bits per heavy atom. The Bertz CT molecular complexity index is 135. The maximum atomic E-state index is 8.88. The largest absolute Gasteiger partial charge is 0.394 e. The molecule has 0 aliphatic carbocycles. The predicted molar refractivity (Wildman–Crippen MR) is 54.5 cm³/mol. The molecule has 3 heteroatoms. The third-order valence-corrected chi connectivity index (χ3v) is 1.86. The zero-order valence-corrected chi connectivity index (χ0v) is 9.21. The molecule has 0 aromatic heterocycles. The minimum absolute atomic E-state index is 0.0403. The van der Waals surface area contributed by atoms with E-state index in [1.807, 2.05) is 6.92 Å². The molecule has 0 fully saturated rings. The van der Waals surface area contributed by atoms with Gasteiger partial charge in [0.15, 0.2) is 0 Å². The fourth-order valence-corrected chi connectivity index (χ4v) is 1.11. The van der Waals surface area contributed by atoms with E-state index in [0.717, 1.165) is 6.42 Å². The second-order valence-corrected chi connectivity index (χ2v) is 4.56. The second-order valence-electron chi connectivity index (χ2n) is 4.56. The molecule has 0 saturated heterocycles. The number of aliphatic hydroxyl groups is 1. The summed E-state index contributed by atoms with van der Waals surface area (Å²) in [6.45, 7) is 8.52. The Hall–Kier alpha value is -0.120. The molecule has 3 N–H and O–H groups in total. The molecular formula is C10H23NO2. The highest BCUT2D eigenvalue weighted by atomic mass is 16.5. The minimum Gasteiger partial charge on any atom is -0.394 e. The van der Waals surface area contributed by atoms with Gasteiger partial charge >= 0.3 is 0 Å². The lowest BCUT2D eigenvalue weighted by Gasteiger charge is -2.24. The summed E-state index contributed by atoms with van der Waals surface area (Å²) in [7, 11) is 0. The molecule has 0 rings (SSSR count). The van der Waals surface area contributed by atoms with E-state index in [1.165, 1.54) is 0 Å². The minimum atomic E-state index is -0.606. The van der Waals surface area contributed by atoms with Gasteiger partial charge in [-0.1, -0.05) is 13.8 Å². The summed E-state index contributed by atoms with van der Waals surface area (Å²) in [6, 6.07) is 0. The molecule has 0 aliphatic heterocycles. The van der Waals surface area contributed by atoms with Crippen molar-refractivity contribution in [3.63, 3.8) is 0 Å². The van der Waals surface area contributed by atoms with Crippen molar-refractivity contribution in [2.24, 2.45) is 11.7 Å². The number of hydrogen-bond donors (Lipinski definition) is 2. The van der Waals surface area contributed by atoms with Crippen LogP contribution in [0.1, 0.15) is 34.1 Å². The first-order chi connectivity index (χ1) is 5.87. The Morgan fingerprint density at radius 2 is 1.92 bits per heavy atom. The van der Waals surface area contributed by atoms with E-state index in [4.69, 9.17) is 15.6 Å². The van der Waals surface area contributed by atoms with Crippen LogP contribution in [0.15, 0.2) is 0 Å². The number of hydrogen-bond acceptors (Lipinski definition) is 3. The molecule has 0 saturated carbocycles. The Kier molecular flexibility index (Phi) is 5.53. The van der Waals surface area contributed by atoms with E-state index < -0.39 is 5.54 Å². The highest BCUT2D eigenvalue weighted by molar-refractivity contribution is 4.76. The van der Waals surface area contributed by atoms with Gasteiger partial charge in [-0.3, -0.25) is 0 Å². The number of rotatable bonds is 6. The summed E-state index contributed by atoms with van der Waals surface area (Å²) < 4.78 is 5.52. The van der Waals surface area contributed by atoms with Crippen LogP contribution in [0.3, 0.4) is 0 Å². The molecule has 0 spiro atoms. The first-order valence-corrected chi connectivity index (χ1v) is 4.88. The summed E-state index contributed by atoms with van der Waals surface area (Å²) in [5.74, 6) is 0.633. The molecule has 2 unspecified atom stereocenters. The van der Waals surface area contributed by atoms with Gasteiger partial charge in [0.2, 0.25) is 0 Å². The molecule has 13 heavy (non-hydrogen) atoms. The van der Waals surface area contributed by atoms with Crippen LogP contribution >= 0.6 is 0 Å². The first kappa shape index (κ1) is 12.9. The van der Waals surface area contributed by atoms with Crippen LogP contribution in [-0.2, 0) is 4.74 Å². The predicted octanol–water partition coefficient (Wildman–Crippen LogP) is 1.15. The van der Waals surface area contributed by atoms with Crippen molar-refractivity contribution in [2.45, 2.75) is 45.8 Å². The smallest absolute Gasteiger partial charge is 0.0669 e. The fraction of sp³-hybridized carbons (Fsp3) is 1.00. The van der Waals surface area contributed by atoms with Crippen molar-refractivity contribution in [3.8, 4) is 0 Å². The molecule has 0 aromatic carbocycles. The second kappa shape index (κ2) is 5.58. The van der Waals surface area contributed by atoms with E-state index >= 15 is 0 Å². The van der Waals surface area contributed by atoms with Gasteiger partial charge in [0, 0.05) is 0 Å². The van der Waals surface area contributed by atoms with Crippen molar-refractivity contribution >= 4 is 0 Å². The fourth-order valence-electron chi connectivity index (χ4n) is 1.11. The van der Waals surface area contributed by atoms with Crippen molar-refractivity contribution in [2.75, 3.05) is 13.2 Å². The lowest BCUT2D eigenvalue weighted by Crippen LogP contribution is -2.45. The van der Waals surface area contributed by atoms with E-state index in [1.54, 1.807) is 6.92 Å². The maximum absolute atomic E-state index is 8.88. The SMILES string of the molecule is CC(C)CC(C)OCC(C)(N)CO. The molecule has 0 aromatic rings. The summed E-state index contributed by atoms with van der Waals surface area (Å²) in [5, 5.41) is 8.88. The topological polar surface area (TPSA) is 55.5 Å². The van der Waals surface area contributed by atoms with Crippen LogP contribution in [0.4, 0.5) is 0 Å². The molecule has 0 heterocycles. The van der Waals surface area contributed by atoms with Crippen LogP contribution in [0, 0.1) is 5.92 Å². The molecule has 2 atom stereocenters. The van der Waals surface area contributed by atoms with Crippen LogP contribution in [0.25, 0.3) is 0 Å². The Morgan fingerprint density at radius 1 is 1.38 bits per heavy atom. The molecule has 0 aliphatic rings. The maximum Gasteiger partial charge on any atom is 0.0669 e. The third kappa shape index (κ3) is 6.99. The molecular weight excluding hydrogens is 166 g/mol. The van der Waals surface area contributed by atoms with E-state index in [0.29, 0.717) is 12.5 Å². The number of nitrogens with two attached hydrogens (primary N) is 1. The quantitative estimate of drug-likeness (QED) is 0.659. The summed E-state index contributed by atoms with van der Waals surface area (Å²) in [5.41, 5.74) is 5.11. The van der Waals surface area contributed by atoms with Crippen molar-refractivity contribution in [1.82, 2.24) is 0 Å². The van der Waals surface area contributed by atoms with Gasteiger partial charge < -0.3 is 15.6 Å². The van der Waals surface area contributed by atoms with Crippen LogP contribution in [-0.4, -0.2) is 30.0 Å². The highest BCUT2D eigenvalue weighted by Gasteiger charge is 2.18. The summed E-state index contributed by atoms with van der Waals surface area (Å²) in [6.07, 6.45) is 1.25. The van der Waals surface area contributed by atoms with Gasteiger partial charge in [0.05, 0.1) is 24.9 Å². The first-order valence-electron chi connectivity index (χ1n) is 4.88. The highest BCUT2D eigenvalue weighted by Crippen LogP contribution is 2.09. The van der Waals surface area contributed by atoms with E-state index in [-0.39, 0.29) is 12.7 Å². The molecule has 80 valence electrons. The van der Waals surface area contributed by atoms with Crippen molar-refractivity contribution in [1.29, 1.82) is 0 Å². The number of aliphatic hydroxyl groups excluding tert-OH is 1.